The van der Waals surface area contributed by atoms with E-state index < -0.39 is 0 Å². The van der Waals surface area contributed by atoms with Gasteiger partial charge in [0.25, 0.3) is 11.8 Å². The minimum atomic E-state index is 0.108. The van der Waals surface area contributed by atoms with Gasteiger partial charge in [-0.3, -0.25) is 9.59 Å². The zero-order valence-corrected chi connectivity index (χ0v) is 18.8. The second-order valence-corrected chi connectivity index (χ2v) is 8.98. The number of hydrogen-bond acceptors (Lipinski definition) is 3. The summed E-state index contributed by atoms with van der Waals surface area (Å²) in [6.45, 7) is 8.91. The van der Waals surface area contributed by atoms with E-state index in [0.29, 0.717) is 13.1 Å². The van der Waals surface area contributed by atoms with Gasteiger partial charge in [-0.1, -0.05) is 42.8 Å². The Morgan fingerprint density at radius 1 is 1.20 bits per heavy atom. The molecule has 1 atom stereocenters. The molecule has 2 amide bonds. The van der Waals surface area contributed by atoms with Gasteiger partial charge in [-0.25, -0.2) is 0 Å². The number of rotatable bonds is 9. The largest absolute Gasteiger partial charge is 0.351 e. The van der Waals surface area contributed by atoms with Crippen molar-refractivity contribution in [2.24, 2.45) is 0 Å². The number of nitrogens with one attached hydrogen (secondary N) is 2. The van der Waals surface area contributed by atoms with Crippen molar-refractivity contribution in [3.05, 3.63) is 57.8 Å². The van der Waals surface area contributed by atoms with E-state index in [1.807, 2.05) is 4.90 Å². The summed E-state index contributed by atoms with van der Waals surface area (Å²) in [6.07, 6.45) is 0.953. The molecule has 1 aliphatic heterocycles. The molecular weight excluding hydrogens is 396 g/mol. The number of nitrogens with zero attached hydrogens (tertiary/aromatic N) is 1. The summed E-state index contributed by atoms with van der Waals surface area (Å²) in [5.74, 6) is 0.287. The fraction of sp³-hybridized carbons (Fsp3) is 0.478. The fourth-order valence-corrected chi connectivity index (χ4v) is 4.66. The van der Waals surface area contributed by atoms with Gasteiger partial charge < -0.3 is 20.4 Å². The van der Waals surface area contributed by atoms with E-state index in [2.05, 4.69) is 66.3 Å². The first-order chi connectivity index (χ1) is 14.6. The minimum Gasteiger partial charge on any atom is -0.351 e. The number of thiophene rings is 1. The molecule has 0 bridgehead atoms. The molecule has 0 radical (unpaired) electrons. The highest BCUT2D eigenvalue weighted by Crippen LogP contribution is 2.22. The first-order valence-corrected chi connectivity index (χ1v) is 11.8. The van der Waals surface area contributed by atoms with Crippen molar-refractivity contribution in [1.82, 2.24) is 10.2 Å². The van der Waals surface area contributed by atoms with Crippen LogP contribution in [-0.2, 0) is 9.59 Å². The van der Waals surface area contributed by atoms with E-state index in [0.717, 1.165) is 39.1 Å². The molecule has 0 saturated carbocycles. The zero-order valence-electron chi connectivity index (χ0n) is 18.0. The van der Waals surface area contributed by atoms with Crippen LogP contribution in [0.4, 0.5) is 0 Å². The van der Waals surface area contributed by atoms with E-state index in [4.69, 9.17) is 0 Å². The first-order valence-electron chi connectivity index (χ1n) is 10.9. The summed E-state index contributed by atoms with van der Waals surface area (Å²) in [6, 6.07) is 12.9. The predicted octanol–water partition coefficient (Wildman–Crippen LogP) is -0.0374. The highest BCUT2D eigenvalue weighted by atomic mass is 32.1. The third kappa shape index (κ3) is 6.39. The molecular formula is C23H34N4O2S+2. The van der Waals surface area contributed by atoms with Gasteiger partial charge in [0.1, 0.15) is 6.04 Å². The van der Waals surface area contributed by atoms with Gasteiger partial charge in [-0.2, -0.15) is 0 Å². The van der Waals surface area contributed by atoms with Crippen LogP contribution in [0.25, 0.3) is 0 Å². The molecule has 1 fully saturated rings. The maximum Gasteiger partial charge on any atom is 0.278 e. The standard InChI is InChI=1S/C23H32N4O2S/c1-3-10-24-21(28)17-26-11-13-27(14-12-26)22(29)16-25-23(20-5-4-15-30-20)19-8-6-18(2)7-9-19/h4-9,15,23,25H,3,10-14,16-17H2,1-2H3,(H,24,28)/p+2/t23-/m0/s1. The predicted molar refractivity (Wildman–Crippen MR) is 120 cm³/mol. The van der Waals surface area contributed by atoms with E-state index in [-0.39, 0.29) is 17.9 Å². The van der Waals surface area contributed by atoms with Crippen LogP contribution in [0.3, 0.4) is 0 Å². The molecule has 2 heterocycles. The van der Waals surface area contributed by atoms with Crippen LogP contribution >= 0.6 is 11.3 Å². The van der Waals surface area contributed by atoms with Crippen molar-refractivity contribution in [3.8, 4) is 0 Å². The molecule has 7 heteroatoms. The average molecular weight is 431 g/mol. The highest BCUT2D eigenvalue weighted by Gasteiger charge is 2.27. The third-order valence-corrected chi connectivity index (χ3v) is 6.58. The number of nitrogens with two attached hydrogens (primary N) is 1. The summed E-state index contributed by atoms with van der Waals surface area (Å²) >= 11 is 1.73. The van der Waals surface area contributed by atoms with Crippen LogP contribution in [0.15, 0.2) is 41.8 Å². The molecule has 6 nitrogen and oxygen atoms in total. The number of piperazine rings is 1. The summed E-state index contributed by atoms with van der Waals surface area (Å²) in [5.41, 5.74) is 2.46. The Morgan fingerprint density at radius 3 is 2.57 bits per heavy atom. The molecule has 1 saturated heterocycles. The van der Waals surface area contributed by atoms with Gasteiger partial charge >= 0.3 is 0 Å². The quantitative estimate of drug-likeness (QED) is 0.523. The number of carbonyl (C=O) groups is 2. The van der Waals surface area contributed by atoms with Gasteiger partial charge in [0.2, 0.25) is 0 Å². The lowest BCUT2D eigenvalue weighted by Crippen LogP contribution is -3.16. The van der Waals surface area contributed by atoms with Crippen molar-refractivity contribution < 1.29 is 19.8 Å². The van der Waals surface area contributed by atoms with Crippen molar-refractivity contribution >= 4 is 23.2 Å². The minimum absolute atomic E-state index is 0.108. The number of amides is 2. The monoisotopic (exact) mass is 430 g/mol. The SMILES string of the molecule is CCCNC(=O)C[NH+]1CCN(C(=O)C[NH2+][C@@H](c2ccc(C)cc2)c2cccs2)CC1. The van der Waals surface area contributed by atoms with Crippen LogP contribution < -0.4 is 15.5 Å². The van der Waals surface area contributed by atoms with E-state index in [1.165, 1.54) is 20.9 Å². The van der Waals surface area contributed by atoms with E-state index in [9.17, 15) is 9.59 Å². The molecule has 1 aliphatic rings. The van der Waals surface area contributed by atoms with Crippen molar-refractivity contribution in [3.63, 3.8) is 0 Å². The summed E-state index contributed by atoms with van der Waals surface area (Å²) in [5, 5.41) is 7.17. The Hall–Kier alpha value is -2.22. The average Bonchev–Trinajstić information content (AvgIpc) is 3.28. The van der Waals surface area contributed by atoms with Gasteiger partial charge in [0.15, 0.2) is 13.1 Å². The number of aryl methyl sites for hydroxylation is 1. The smallest absolute Gasteiger partial charge is 0.278 e. The highest BCUT2D eigenvalue weighted by molar-refractivity contribution is 7.10. The lowest BCUT2D eigenvalue weighted by Gasteiger charge is -2.31. The lowest BCUT2D eigenvalue weighted by molar-refractivity contribution is -0.896. The molecule has 1 aromatic carbocycles. The normalized spacial score (nSPS) is 15.7. The van der Waals surface area contributed by atoms with Crippen LogP contribution in [0.5, 0.6) is 0 Å². The Morgan fingerprint density at radius 2 is 1.93 bits per heavy atom. The zero-order chi connectivity index (χ0) is 21.3. The maximum atomic E-state index is 12.8. The lowest BCUT2D eigenvalue weighted by atomic mass is 10.0. The number of quaternary nitrogens is 2. The molecule has 1 aromatic heterocycles. The van der Waals surface area contributed by atoms with Gasteiger partial charge in [-0.15, -0.1) is 11.3 Å². The Labute approximate surface area is 183 Å². The first kappa shape index (κ1) is 22.5. The van der Waals surface area contributed by atoms with Crippen LogP contribution in [0.1, 0.15) is 35.4 Å². The molecule has 2 aromatic rings. The Balaban J connectivity index is 1.50. The number of benzene rings is 1. The van der Waals surface area contributed by atoms with E-state index in [1.54, 1.807) is 11.3 Å². The second kappa shape index (κ2) is 11.2. The summed E-state index contributed by atoms with van der Waals surface area (Å²) in [4.78, 5) is 29.2. The fourth-order valence-electron chi connectivity index (χ4n) is 3.81. The van der Waals surface area contributed by atoms with E-state index >= 15 is 0 Å². The summed E-state index contributed by atoms with van der Waals surface area (Å²) < 4.78 is 0. The molecule has 30 heavy (non-hydrogen) atoms. The number of hydrogen-bond donors (Lipinski definition) is 3. The topological polar surface area (TPSA) is 70.5 Å². The second-order valence-electron chi connectivity index (χ2n) is 8.00. The maximum absolute atomic E-state index is 12.8. The molecule has 0 spiro atoms. The third-order valence-electron chi connectivity index (χ3n) is 5.62. The van der Waals surface area contributed by atoms with Crippen LogP contribution in [0, 0.1) is 6.92 Å². The Bertz CT molecular complexity index is 799. The molecule has 3 rings (SSSR count). The number of carbonyl (C=O) groups excluding carboxylic acids is 2. The molecule has 0 unspecified atom stereocenters. The Kier molecular flexibility index (Phi) is 8.42. The van der Waals surface area contributed by atoms with Gasteiger partial charge in [0, 0.05) is 12.1 Å². The van der Waals surface area contributed by atoms with Gasteiger partial charge in [-0.05, 0) is 24.8 Å². The molecule has 162 valence electrons. The molecule has 0 aliphatic carbocycles. The van der Waals surface area contributed by atoms with Crippen LogP contribution in [0.2, 0.25) is 0 Å². The van der Waals surface area contributed by atoms with Crippen molar-refractivity contribution in [1.29, 1.82) is 0 Å². The van der Waals surface area contributed by atoms with Gasteiger partial charge in [0.05, 0.1) is 31.1 Å². The summed E-state index contributed by atoms with van der Waals surface area (Å²) in [7, 11) is 0. The van der Waals surface area contributed by atoms with Crippen LogP contribution in [-0.4, -0.2) is 62.5 Å². The van der Waals surface area contributed by atoms with Crippen molar-refractivity contribution in [2.45, 2.75) is 26.3 Å². The molecule has 4 N–H and O–H groups in total. The van der Waals surface area contributed by atoms with Crippen molar-refractivity contribution in [2.75, 3.05) is 45.8 Å².